The van der Waals surface area contributed by atoms with Crippen LogP contribution in [0.1, 0.15) is 44.1 Å². The Kier molecular flexibility index (Phi) is 7.61. The molecule has 0 spiro atoms. The van der Waals surface area contributed by atoms with E-state index in [1.165, 1.54) is 38.2 Å². The number of carbonyl (C=O) groups is 1. The predicted octanol–water partition coefficient (Wildman–Crippen LogP) is 4.98. The first-order valence-corrected chi connectivity index (χ1v) is 12.1. The number of carbonyl (C=O) groups excluding carboxylic acids is 1. The molecule has 0 bridgehead atoms. The van der Waals surface area contributed by atoms with Crippen LogP contribution in [0.4, 0.5) is 5.69 Å². The molecule has 7 heteroatoms. The van der Waals surface area contributed by atoms with Crippen LogP contribution >= 0.6 is 11.6 Å². The zero-order chi connectivity index (χ0) is 23.2. The van der Waals surface area contributed by atoms with Gasteiger partial charge in [0.15, 0.2) is 18.1 Å². The van der Waals surface area contributed by atoms with Crippen molar-refractivity contribution in [3.8, 4) is 17.6 Å². The maximum Gasteiger partial charge on any atom is 0.260 e. The molecule has 1 saturated heterocycles. The monoisotopic (exact) mass is 467 g/mol. The van der Waals surface area contributed by atoms with Gasteiger partial charge in [-0.3, -0.25) is 4.79 Å². The van der Waals surface area contributed by atoms with Gasteiger partial charge in [0.1, 0.15) is 6.07 Å². The van der Waals surface area contributed by atoms with Crippen molar-refractivity contribution in [1.29, 1.82) is 5.26 Å². The number of rotatable bonds is 7. The highest BCUT2D eigenvalue weighted by molar-refractivity contribution is 6.32. The van der Waals surface area contributed by atoms with Crippen LogP contribution in [0.25, 0.3) is 0 Å². The topological polar surface area (TPSA) is 76.8 Å². The maximum atomic E-state index is 12.8. The third-order valence-corrected chi connectivity index (χ3v) is 7.07. The van der Waals surface area contributed by atoms with Gasteiger partial charge in [-0.15, -0.1) is 0 Å². The first-order chi connectivity index (χ1) is 16.0. The van der Waals surface area contributed by atoms with Gasteiger partial charge in [0, 0.05) is 31.4 Å². The summed E-state index contributed by atoms with van der Waals surface area (Å²) >= 11 is 6.36. The van der Waals surface area contributed by atoms with Gasteiger partial charge in [0.05, 0.1) is 10.6 Å². The summed E-state index contributed by atoms with van der Waals surface area (Å²) in [5, 5.41) is 19.6. The summed E-state index contributed by atoms with van der Waals surface area (Å²) in [4.78, 5) is 17.0. The quantitative estimate of drug-likeness (QED) is 0.621. The Morgan fingerprint density at radius 2 is 1.97 bits per heavy atom. The molecule has 0 unspecified atom stereocenters. The van der Waals surface area contributed by atoms with Gasteiger partial charge in [0.25, 0.3) is 5.91 Å². The number of nitriles is 1. The number of likely N-dealkylation sites (tertiary alicyclic amines) is 1. The molecule has 6 nitrogen and oxygen atoms in total. The molecule has 1 saturated carbocycles. The van der Waals surface area contributed by atoms with Crippen molar-refractivity contribution in [2.24, 2.45) is 5.92 Å². The predicted molar refractivity (Wildman–Crippen MR) is 129 cm³/mol. The number of phenols is 1. The molecule has 1 heterocycles. The largest absolute Gasteiger partial charge is 0.504 e. The van der Waals surface area contributed by atoms with Gasteiger partial charge in [0.2, 0.25) is 0 Å². The number of benzene rings is 2. The Bertz CT molecular complexity index is 1020. The number of hydrogen-bond acceptors (Lipinski definition) is 5. The second-order valence-electron chi connectivity index (χ2n) is 8.97. The fourth-order valence-corrected chi connectivity index (χ4v) is 5.14. The fraction of sp³-hybridized carbons (Fsp3) is 0.462. The summed E-state index contributed by atoms with van der Waals surface area (Å²) in [6, 6.07) is 14.6. The SMILES string of the molecule is N#Cc1ccc(N(CC2CCCCC2)[C@H]2CCN(C(=O)COc3ccccc3O)C2)cc1Cl. The molecule has 1 aliphatic heterocycles. The molecule has 2 aliphatic rings. The Morgan fingerprint density at radius 3 is 2.70 bits per heavy atom. The van der Waals surface area contributed by atoms with Crippen LogP contribution in [-0.2, 0) is 4.79 Å². The summed E-state index contributed by atoms with van der Waals surface area (Å²) < 4.78 is 5.55. The lowest BCUT2D eigenvalue weighted by atomic mass is 9.88. The normalized spacial score (nSPS) is 18.7. The third-order valence-electron chi connectivity index (χ3n) is 6.76. The second kappa shape index (κ2) is 10.8. The number of anilines is 1. The summed E-state index contributed by atoms with van der Waals surface area (Å²) in [6.07, 6.45) is 7.17. The lowest BCUT2D eigenvalue weighted by molar-refractivity contribution is -0.132. The van der Waals surface area contributed by atoms with Crippen LogP contribution in [-0.4, -0.2) is 48.2 Å². The van der Waals surface area contributed by atoms with E-state index in [1.54, 1.807) is 24.3 Å². The number of para-hydroxylation sites is 2. The van der Waals surface area contributed by atoms with Crippen molar-refractivity contribution in [3.63, 3.8) is 0 Å². The highest BCUT2D eigenvalue weighted by Gasteiger charge is 2.32. The molecular formula is C26H30ClN3O3. The van der Waals surface area contributed by atoms with E-state index in [1.807, 2.05) is 17.0 Å². The fourth-order valence-electron chi connectivity index (χ4n) is 4.92. The Morgan fingerprint density at radius 1 is 1.18 bits per heavy atom. The minimum atomic E-state index is -0.102. The first-order valence-electron chi connectivity index (χ1n) is 11.7. The maximum absolute atomic E-state index is 12.8. The van der Waals surface area contributed by atoms with Crippen LogP contribution in [0.5, 0.6) is 11.5 Å². The smallest absolute Gasteiger partial charge is 0.260 e. The number of aromatic hydroxyl groups is 1. The summed E-state index contributed by atoms with van der Waals surface area (Å²) in [6.45, 7) is 2.12. The average Bonchev–Trinajstić information content (AvgIpc) is 3.32. The van der Waals surface area contributed by atoms with Crippen molar-refractivity contribution in [2.75, 3.05) is 31.1 Å². The van der Waals surface area contributed by atoms with E-state index in [9.17, 15) is 15.2 Å². The van der Waals surface area contributed by atoms with E-state index < -0.39 is 0 Å². The zero-order valence-electron chi connectivity index (χ0n) is 18.8. The molecule has 1 aliphatic carbocycles. The number of ether oxygens (including phenoxy) is 1. The second-order valence-corrected chi connectivity index (χ2v) is 9.38. The molecule has 1 N–H and O–H groups in total. The van der Waals surface area contributed by atoms with Crippen molar-refractivity contribution < 1.29 is 14.6 Å². The van der Waals surface area contributed by atoms with Crippen LogP contribution in [0.3, 0.4) is 0 Å². The summed E-state index contributed by atoms with van der Waals surface area (Å²) in [5.74, 6) is 0.882. The molecule has 33 heavy (non-hydrogen) atoms. The minimum Gasteiger partial charge on any atom is -0.504 e. The van der Waals surface area contributed by atoms with Crippen molar-refractivity contribution in [3.05, 3.63) is 53.1 Å². The van der Waals surface area contributed by atoms with E-state index in [0.29, 0.717) is 35.3 Å². The lowest BCUT2D eigenvalue weighted by Crippen LogP contribution is -2.42. The highest BCUT2D eigenvalue weighted by atomic mass is 35.5. The molecule has 174 valence electrons. The number of hydrogen-bond donors (Lipinski definition) is 1. The van der Waals surface area contributed by atoms with Gasteiger partial charge >= 0.3 is 0 Å². The number of nitrogens with zero attached hydrogens (tertiary/aromatic N) is 3. The van der Waals surface area contributed by atoms with Crippen LogP contribution in [0, 0.1) is 17.2 Å². The standard InChI is InChI=1S/C26H30ClN3O3/c27-23-14-21(11-10-20(23)15-28)30(16-19-6-2-1-3-7-19)22-12-13-29(17-22)26(32)18-33-25-9-5-4-8-24(25)31/h4-5,8-11,14,19,22,31H,1-3,6-7,12-13,16-18H2/t22-/m0/s1. The summed E-state index contributed by atoms with van der Waals surface area (Å²) in [5.41, 5.74) is 1.48. The average molecular weight is 468 g/mol. The van der Waals surface area contributed by atoms with Gasteiger partial charge in [-0.05, 0) is 55.5 Å². The van der Waals surface area contributed by atoms with E-state index in [0.717, 1.165) is 18.7 Å². The summed E-state index contributed by atoms with van der Waals surface area (Å²) in [7, 11) is 0. The Balaban J connectivity index is 1.44. The molecule has 2 fully saturated rings. The van der Waals surface area contributed by atoms with Crippen molar-refractivity contribution in [1.82, 2.24) is 4.90 Å². The van der Waals surface area contributed by atoms with E-state index in [4.69, 9.17) is 16.3 Å². The number of halogens is 1. The Labute approximate surface area is 200 Å². The van der Waals surface area contributed by atoms with E-state index in [2.05, 4.69) is 11.0 Å². The van der Waals surface area contributed by atoms with Crippen molar-refractivity contribution >= 4 is 23.2 Å². The minimum absolute atomic E-state index is 0.0287. The molecule has 1 amide bonds. The molecule has 4 rings (SSSR count). The molecule has 0 aromatic heterocycles. The number of phenolic OH excluding ortho intramolecular Hbond substituents is 1. The Hall–Kier alpha value is -2.91. The third kappa shape index (κ3) is 5.72. The number of amides is 1. The molecule has 2 aromatic carbocycles. The molecule has 0 radical (unpaired) electrons. The first kappa shape index (κ1) is 23.3. The van der Waals surface area contributed by atoms with Crippen LogP contribution in [0.15, 0.2) is 42.5 Å². The highest BCUT2D eigenvalue weighted by Crippen LogP contribution is 2.32. The molecule has 1 atom stereocenters. The lowest BCUT2D eigenvalue weighted by Gasteiger charge is -2.36. The van der Waals surface area contributed by atoms with E-state index in [-0.39, 0.29) is 24.3 Å². The van der Waals surface area contributed by atoms with Gasteiger partial charge in [-0.1, -0.05) is 43.0 Å². The van der Waals surface area contributed by atoms with Crippen LogP contribution in [0.2, 0.25) is 5.02 Å². The van der Waals surface area contributed by atoms with Crippen LogP contribution < -0.4 is 9.64 Å². The van der Waals surface area contributed by atoms with Crippen molar-refractivity contribution in [2.45, 2.75) is 44.6 Å². The zero-order valence-corrected chi connectivity index (χ0v) is 19.5. The van der Waals surface area contributed by atoms with Gasteiger partial charge in [-0.2, -0.15) is 5.26 Å². The molecular weight excluding hydrogens is 438 g/mol. The van der Waals surface area contributed by atoms with Gasteiger partial charge in [-0.25, -0.2) is 0 Å². The van der Waals surface area contributed by atoms with Gasteiger partial charge < -0.3 is 19.6 Å². The molecule has 2 aromatic rings. The van der Waals surface area contributed by atoms with E-state index >= 15 is 0 Å².